The van der Waals surface area contributed by atoms with Gasteiger partial charge in [-0.1, -0.05) is 19.1 Å². The fraction of sp³-hybridized carbons (Fsp3) is 0.444. The summed E-state index contributed by atoms with van der Waals surface area (Å²) in [5.74, 6) is -10.1. The molecule has 0 aliphatic carbocycles. The van der Waals surface area contributed by atoms with E-state index >= 15 is 0 Å². The molecule has 2 saturated heterocycles. The zero-order valence-electron chi connectivity index (χ0n) is 22.5. The molecule has 3 heterocycles. The molecule has 2 unspecified atom stereocenters. The third-order valence-electron chi connectivity index (χ3n) is 7.21. The van der Waals surface area contributed by atoms with Crippen LogP contribution in [0.5, 0.6) is 5.75 Å². The summed E-state index contributed by atoms with van der Waals surface area (Å²) in [4.78, 5) is 55.5. The number of hydrogen-bond acceptors (Lipinski definition) is 9. The number of nitrogens with zero attached hydrogens (tertiary/aromatic N) is 1. The number of aliphatic hydroxyl groups is 1. The number of pyridine rings is 1. The SMILES string of the molecule is C[C@H]1OC(=O)C(C2CCO2)NC(=O)[C@H](C)[C@H](O)[C@H](Cc2cc(F)c(F)nc2F)NC(=O)[C@H]1NC(=O)c1ccccc1O. The van der Waals surface area contributed by atoms with Crippen molar-refractivity contribution in [2.75, 3.05) is 6.61 Å². The van der Waals surface area contributed by atoms with Gasteiger partial charge in [0.25, 0.3) is 11.9 Å². The maximum absolute atomic E-state index is 14.5. The van der Waals surface area contributed by atoms with Gasteiger partial charge in [0.15, 0.2) is 11.9 Å². The molecule has 0 spiro atoms. The van der Waals surface area contributed by atoms with Crippen LogP contribution in [0.3, 0.4) is 0 Å². The molecule has 0 radical (unpaired) electrons. The molecule has 4 rings (SSSR count). The summed E-state index contributed by atoms with van der Waals surface area (Å²) in [5, 5.41) is 28.5. The van der Waals surface area contributed by atoms with E-state index in [4.69, 9.17) is 9.47 Å². The largest absolute Gasteiger partial charge is 0.507 e. The molecule has 7 atom stereocenters. The molecule has 5 N–H and O–H groups in total. The van der Waals surface area contributed by atoms with Gasteiger partial charge in [0, 0.05) is 12.2 Å². The lowest BCUT2D eigenvalue weighted by Gasteiger charge is -2.37. The Morgan fingerprint density at radius 1 is 1.10 bits per heavy atom. The lowest BCUT2D eigenvalue weighted by Crippen LogP contribution is -2.62. The maximum atomic E-state index is 14.5. The van der Waals surface area contributed by atoms with Crippen molar-refractivity contribution in [2.24, 2.45) is 5.92 Å². The number of cyclic esters (lactones) is 1. The number of benzene rings is 1. The third kappa shape index (κ3) is 6.62. The summed E-state index contributed by atoms with van der Waals surface area (Å²) in [6.45, 7) is 2.87. The molecule has 2 fully saturated rings. The zero-order valence-corrected chi connectivity index (χ0v) is 22.5. The van der Waals surface area contributed by atoms with Crippen molar-refractivity contribution >= 4 is 23.7 Å². The van der Waals surface area contributed by atoms with Gasteiger partial charge in [0.05, 0.1) is 29.7 Å². The lowest BCUT2D eigenvalue weighted by molar-refractivity contribution is -0.166. The number of amides is 3. The highest BCUT2D eigenvalue weighted by molar-refractivity contribution is 6.00. The molecule has 3 amide bonds. The Bertz CT molecular complexity index is 1370. The smallest absolute Gasteiger partial charge is 0.331 e. The van der Waals surface area contributed by atoms with E-state index in [0.717, 1.165) is 0 Å². The first-order chi connectivity index (χ1) is 19.9. The summed E-state index contributed by atoms with van der Waals surface area (Å²) in [6, 6.07) is 1.47. The maximum Gasteiger partial charge on any atom is 0.331 e. The van der Waals surface area contributed by atoms with Gasteiger partial charge in [-0.25, -0.2) is 9.18 Å². The number of carbonyl (C=O) groups excluding carboxylic acids is 4. The highest BCUT2D eigenvalue weighted by Gasteiger charge is 2.43. The van der Waals surface area contributed by atoms with Gasteiger partial charge in [-0.15, -0.1) is 0 Å². The molecule has 15 heteroatoms. The van der Waals surface area contributed by atoms with Crippen LogP contribution in [0, 0.1) is 23.6 Å². The first kappa shape index (κ1) is 30.7. The minimum absolute atomic E-state index is 0.205. The summed E-state index contributed by atoms with van der Waals surface area (Å²) < 4.78 is 52.6. The first-order valence-electron chi connectivity index (χ1n) is 13.1. The van der Waals surface area contributed by atoms with Crippen molar-refractivity contribution in [1.29, 1.82) is 0 Å². The average Bonchev–Trinajstić information content (AvgIpc) is 2.91. The molecular weight excluding hydrogens is 565 g/mol. The molecule has 226 valence electrons. The topological polar surface area (TPSA) is 176 Å². The van der Waals surface area contributed by atoms with Gasteiger partial charge < -0.3 is 35.6 Å². The molecule has 0 bridgehead atoms. The van der Waals surface area contributed by atoms with Crippen LogP contribution in [0.15, 0.2) is 30.3 Å². The number of nitrogens with one attached hydrogen (secondary N) is 3. The lowest BCUT2D eigenvalue weighted by atomic mass is 9.91. The number of phenolic OH excluding ortho intramolecular Hbond substituents is 1. The number of phenols is 1. The second kappa shape index (κ2) is 12.7. The van der Waals surface area contributed by atoms with Crippen LogP contribution in [-0.4, -0.2) is 81.9 Å². The van der Waals surface area contributed by atoms with Gasteiger partial charge in [0.1, 0.15) is 17.9 Å². The van der Waals surface area contributed by atoms with Crippen LogP contribution >= 0.6 is 0 Å². The number of esters is 1. The summed E-state index contributed by atoms with van der Waals surface area (Å²) in [5.41, 5.74) is -0.726. The van der Waals surface area contributed by atoms with Crippen LogP contribution in [0.2, 0.25) is 0 Å². The number of rotatable bonds is 5. The number of aromatic hydroxyl groups is 1. The minimum Gasteiger partial charge on any atom is -0.507 e. The van der Waals surface area contributed by atoms with Gasteiger partial charge in [-0.3, -0.25) is 14.4 Å². The predicted molar refractivity (Wildman–Crippen MR) is 136 cm³/mol. The normalized spacial score (nSPS) is 28.7. The molecule has 1 aromatic heterocycles. The fourth-order valence-electron chi connectivity index (χ4n) is 4.61. The van der Waals surface area contributed by atoms with Gasteiger partial charge in [-0.2, -0.15) is 13.8 Å². The van der Waals surface area contributed by atoms with Crippen molar-refractivity contribution in [3.63, 3.8) is 0 Å². The standard InChI is InChI=1S/C27H29F3N4O8/c1-11-21(36)16(10-13-9-15(28)23(30)34-22(13)29)31-26(39)19(32-25(38)14-5-3-4-6-17(14)35)12(2)42-27(40)20(33-24(11)37)18-7-8-41-18/h3-6,9,11-12,16,18-21,35-36H,7-8,10H2,1-2H3,(H,31,39)(H,32,38)(H,33,37)/t11-,12-,16+,18?,19+,20?,21+/m1/s1. The summed E-state index contributed by atoms with van der Waals surface area (Å²) in [7, 11) is 0. The van der Waals surface area contributed by atoms with Crippen molar-refractivity contribution in [3.8, 4) is 5.75 Å². The van der Waals surface area contributed by atoms with E-state index in [1.807, 2.05) is 0 Å². The molecular formula is C27H29F3N4O8. The Balaban J connectivity index is 1.71. The highest BCUT2D eigenvalue weighted by Crippen LogP contribution is 2.22. The Hall–Kier alpha value is -4.24. The summed E-state index contributed by atoms with van der Waals surface area (Å²) >= 11 is 0. The quantitative estimate of drug-likeness (QED) is 0.240. The number of ether oxygens (including phenoxy) is 2. The van der Waals surface area contributed by atoms with E-state index in [1.165, 1.54) is 38.1 Å². The zero-order chi connectivity index (χ0) is 30.7. The van der Waals surface area contributed by atoms with Crippen LogP contribution in [0.25, 0.3) is 0 Å². The predicted octanol–water partition coefficient (Wildman–Crippen LogP) is 0.246. The number of aromatic nitrogens is 1. The van der Waals surface area contributed by atoms with E-state index in [9.17, 15) is 42.6 Å². The average molecular weight is 595 g/mol. The Labute approximate surface area is 237 Å². The number of halogens is 3. The second-order valence-corrected chi connectivity index (χ2v) is 10.1. The second-order valence-electron chi connectivity index (χ2n) is 10.1. The number of aliphatic hydroxyl groups excluding tert-OH is 1. The number of hydrogen-bond donors (Lipinski definition) is 5. The molecule has 12 nitrogen and oxygen atoms in total. The summed E-state index contributed by atoms with van der Waals surface area (Å²) in [6.07, 6.45) is -4.16. The molecule has 1 aromatic carbocycles. The Kier molecular flexibility index (Phi) is 9.31. The monoisotopic (exact) mass is 594 g/mol. The number of carbonyl (C=O) groups is 4. The van der Waals surface area contributed by atoms with E-state index < -0.39 is 101 Å². The molecule has 2 aliphatic heterocycles. The van der Waals surface area contributed by atoms with Crippen molar-refractivity contribution in [2.45, 2.75) is 63.1 Å². The minimum atomic E-state index is -1.76. The van der Waals surface area contributed by atoms with E-state index in [0.29, 0.717) is 19.1 Å². The van der Waals surface area contributed by atoms with Crippen molar-refractivity contribution in [3.05, 3.63) is 59.2 Å². The Morgan fingerprint density at radius 3 is 2.43 bits per heavy atom. The van der Waals surface area contributed by atoms with Crippen LogP contribution in [0.1, 0.15) is 36.2 Å². The van der Waals surface area contributed by atoms with Crippen molar-refractivity contribution in [1.82, 2.24) is 20.9 Å². The van der Waals surface area contributed by atoms with E-state index in [2.05, 4.69) is 20.9 Å². The van der Waals surface area contributed by atoms with E-state index in [1.54, 1.807) is 0 Å². The molecule has 2 aliphatic rings. The van der Waals surface area contributed by atoms with Crippen LogP contribution in [0.4, 0.5) is 13.2 Å². The van der Waals surface area contributed by atoms with Crippen molar-refractivity contribution < 1.29 is 52.0 Å². The van der Waals surface area contributed by atoms with Crippen LogP contribution in [-0.2, 0) is 30.3 Å². The first-order valence-corrected chi connectivity index (χ1v) is 13.1. The van der Waals surface area contributed by atoms with Gasteiger partial charge >= 0.3 is 5.97 Å². The highest BCUT2D eigenvalue weighted by atomic mass is 19.2. The molecule has 42 heavy (non-hydrogen) atoms. The number of para-hydroxylation sites is 1. The fourth-order valence-corrected chi connectivity index (χ4v) is 4.61. The molecule has 0 saturated carbocycles. The third-order valence-corrected chi connectivity index (χ3v) is 7.21. The van der Waals surface area contributed by atoms with Gasteiger partial charge in [-0.05, 0) is 38.0 Å². The van der Waals surface area contributed by atoms with Gasteiger partial charge in [0.2, 0.25) is 17.8 Å². The van der Waals surface area contributed by atoms with Crippen LogP contribution < -0.4 is 16.0 Å². The molecule has 2 aromatic rings. The Morgan fingerprint density at radius 2 is 1.79 bits per heavy atom. The van der Waals surface area contributed by atoms with E-state index in [-0.39, 0.29) is 5.56 Å².